The molecule has 0 aliphatic rings. The summed E-state index contributed by atoms with van der Waals surface area (Å²) in [5.74, 6) is 0. The van der Waals surface area contributed by atoms with Crippen LogP contribution in [0.15, 0.2) is 158 Å². The number of hydrogen-bond donors (Lipinski definition) is 0. The zero-order valence-corrected chi connectivity index (χ0v) is 28.8. The largest absolute Gasteiger partial charge is 0.245 e. The normalized spacial score (nSPS) is 11.7. The van der Waals surface area contributed by atoms with E-state index in [9.17, 15) is 0 Å². The van der Waals surface area contributed by atoms with E-state index >= 15 is 0 Å². The van der Waals surface area contributed by atoms with Crippen LogP contribution in [0.2, 0.25) is 0 Å². The Labute approximate surface area is 301 Å². The van der Waals surface area contributed by atoms with E-state index in [1.54, 1.807) is 0 Å². The van der Waals surface area contributed by atoms with Gasteiger partial charge in [-0.3, -0.25) is 0 Å². The molecular weight excluding hydrogens is 633 g/mol. The monoisotopic (exact) mass is 664 g/mol. The first-order chi connectivity index (χ1) is 25.6. The molecule has 244 valence electrons. The van der Waals surface area contributed by atoms with Crippen LogP contribution in [0.3, 0.4) is 0 Å². The molecule has 0 spiro atoms. The highest BCUT2D eigenvalue weighted by molar-refractivity contribution is 6.09. The smallest absolute Gasteiger partial charge is 0.0972 e. The molecule has 4 nitrogen and oxygen atoms in total. The van der Waals surface area contributed by atoms with Gasteiger partial charge in [0.05, 0.1) is 44.8 Å². The van der Waals surface area contributed by atoms with Crippen molar-refractivity contribution in [3.8, 4) is 45.0 Å². The van der Waals surface area contributed by atoms with Gasteiger partial charge in [-0.25, -0.2) is 19.9 Å². The molecule has 0 fully saturated rings. The Kier molecular flexibility index (Phi) is 6.90. The standard InChI is InChI=1S/C48H32N4/c1-29-9-3-5-11-35(29)41-25-19-31-15-17-33-21-27-43(51-47(33)45(31)49-41)39-23-24-40(38-14-8-7-13-37(38)39)44-28-22-34-18-16-32-20-26-42(50-46(32)48(34)52-44)36-12-6-4-10-30(36)2/h3-28H,1-2H3. The summed E-state index contributed by atoms with van der Waals surface area (Å²) in [5, 5.41) is 6.54. The highest BCUT2D eigenvalue weighted by Gasteiger charge is 2.15. The van der Waals surface area contributed by atoms with Crippen molar-refractivity contribution in [2.45, 2.75) is 13.8 Å². The van der Waals surface area contributed by atoms with Gasteiger partial charge in [0, 0.05) is 43.8 Å². The highest BCUT2D eigenvalue weighted by Crippen LogP contribution is 2.37. The molecule has 0 aliphatic carbocycles. The lowest BCUT2D eigenvalue weighted by Gasteiger charge is -2.13. The van der Waals surface area contributed by atoms with Crippen molar-refractivity contribution in [3.63, 3.8) is 0 Å². The van der Waals surface area contributed by atoms with Crippen LogP contribution in [-0.2, 0) is 0 Å². The van der Waals surface area contributed by atoms with E-state index in [4.69, 9.17) is 19.9 Å². The van der Waals surface area contributed by atoms with Gasteiger partial charge in [-0.15, -0.1) is 0 Å². The van der Waals surface area contributed by atoms with Crippen LogP contribution in [0.1, 0.15) is 11.1 Å². The zero-order valence-electron chi connectivity index (χ0n) is 28.8. The summed E-state index contributed by atoms with van der Waals surface area (Å²) in [7, 11) is 0. The van der Waals surface area contributed by atoms with Crippen LogP contribution in [0, 0.1) is 13.8 Å². The minimum Gasteiger partial charge on any atom is -0.245 e. The lowest BCUT2D eigenvalue weighted by Crippen LogP contribution is -1.94. The predicted molar refractivity (Wildman–Crippen MR) is 216 cm³/mol. The van der Waals surface area contributed by atoms with Gasteiger partial charge < -0.3 is 0 Å². The third kappa shape index (κ3) is 4.91. The van der Waals surface area contributed by atoms with Gasteiger partial charge in [0.25, 0.3) is 0 Å². The summed E-state index contributed by atoms with van der Waals surface area (Å²) in [6, 6.07) is 55.4. The van der Waals surface area contributed by atoms with Crippen molar-refractivity contribution in [1.82, 2.24) is 19.9 Å². The van der Waals surface area contributed by atoms with Gasteiger partial charge in [0.2, 0.25) is 0 Å². The third-order valence-corrected chi connectivity index (χ3v) is 10.4. The summed E-state index contributed by atoms with van der Waals surface area (Å²) in [5.41, 5.74) is 14.2. The van der Waals surface area contributed by atoms with Gasteiger partial charge in [-0.2, -0.15) is 0 Å². The van der Waals surface area contributed by atoms with Gasteiger partial charge in [-0.1, -0.05) is 133 Å². The molecule has 0 saturated heterocycles. The Hall–Kier alpha value is -6.78. The van der Waals surface area contributed by atoms with Crippen LogP contribution in [0.4, 0.5) is 0 Å². The Bertz CT molecular complexity index is 2850. The average Bonchev–Trinajstić information content (AvgIpc) is 3.20. The number of benzene rings is 6. The van der Waals surface area contributed by atoms with Crippen LogP contribution in [-0.4, -0.2) is 19.9 Å². The molecule has 0 amide bonds. The minimum absolute atomic E-state index is 0.902. The van der Waals surface area contributed by atoms with Gasteiger partial charge in [-0.05, 0) is 60.0 Å². The molecule has 52 heavy (non-hydrogen) atoms. The number of aryl methyl sites for hydroxylation is 2. The van der Waals surface area contributed by atoms with Gasteiger partial charge >= 0.3 is 0 Å². The van der Waals surface area contributed by atoms with Crippen molar-refractivity contribution in [3.05, 3.63) is 169 Å². The summed E-state index contributed by atoms with van der Waals surface area (Å²) in [6.07, 6.45) is 0. The molecule has 4 heteroatoms. The van der Waals surface area contributed by atoms with Crippen molar-refractivity contribution in [2.75, 3.05) is 0 Å². The molecule has 4 aromatic heterocycles. The third-order valence-electron chi connectivity index (χ3n) is 10.4. The number of aromatic nitrogens is 4. The fourth-order valence-corrected chi connectivity index (χ4v) is 7.60. The molecule has 4 heterocycles. The molecule has 0 radical (unpaired) electrons. The summed E-state index contributed by atoms with van der Waals surface area (Å²) in [4.78, 5) is 21.0. The van der Waals surface area contributed by atoms with Crippen molar-refractivity contribution in [2.24, 2.45) is 0 Å². The molecule has 10 rings (SSSR count). The molecule has 0 aliphatic heterocycles. The average molecular weight is 665 g/mol. The van der Waals surface area contributed by atoms with Crippen molar-refractivity contribution >= 4 is 54.4 Å². The van der Waals surface area contributed by atoms with E-state index in [-0.39, 0.29) is 0 Å². The number of rotatable bonds is 4. The summed E-state index contributed by atoms with van der Waals surface area (Å²) in [6.45, 7) is 4.26. The number of nitrogens with zero attached hydrogens (tertiary/aromatic N) is 4. The van der Waals surface area contributed by atoms with E-state index in [0.29, 0.717) is 0 Å². The Morgan fingerprint density at radius 2 is 0.558 bits per heavy atom. The second kappa shape index (κ2) is 11.9. The van der Waals surface area contributed by atoms with Crippen molar-refractivity contribution < 1.29 is 0 Å². The highest BCUT2D eigenvalue weighted by atomic mass is 14.8. The lowest BCUT2D eigenvalue weighted by molar-refractivity contribution is 1.34. The van der Waals surface area contributed by atoms with Crippen molar-refractivity contribution in [1.29, 1.82) is 0 Å². The molecule has 6 aromatic carbocycles. The van der Waals surface area contributed by atoms with Crippen LogP contribution in [0.5, 0.6) is 0 Å². The molecule has 0 unspecified atom stereocenters. The second-order valence-corrected chi connectivity index (χ2v) is 13.5. The van der Waals surface area contributed by atoms with E-state index in [1.807, 2.05) is 0 Å². The summed E-state index contributed by atoms with van der Waals surface area (Å²) >= 11 is 0. The minimum atomic E-state index is 0.902. The van der Waals surface area contributed by atoms with Gasteiger partial charge in [0.1, 0.15) is 0 Å². The number of hydrogen-bond acceptors (Lipinski definition) is 4. The van der Waals surface area contributed by atoms with E-state index in [0.717, 1.165) is 99.4 Å². The molecule has 0 N–H and O–H groups in total. The molecule has 0 atom stereocenters. The Balaban J connectivity index is 1.12. The first-order valence-electron chi connectivity index (χ1n) is 17.6. The number of fused-ring (bicyclic) bond motifs is 7. The van der Waals surface area contributed by atoms with Crippen LogP contribution < -0.4 is 0 Å². The van der Waals surface area contributed by atoms with E-state index in [1.165, 1.54) is 11.1 Å². The van der Waals surface area contributed by atoms with Crippen LogP contribution in [0.25, 0.3) is 99.4 Å². The molecule has 0 saturated carbocycles. The number of pyridine rings is 4. The second-order valence-electron chi connectivity index (χ2n) is 13.5. The van der Waals surface area contributed by atoms with E-state index < -0.39 is 0 Å². The molecule has 10 aromatic rings. The fraction of sp³-hybridized carbons (Fsp3) is 0.0417. The topological polar surface area (TPSA) is 51.6 Å². The zero-order chi connectivity index (χ0) is 34.8. The first-order valence-corrected chi connectivity index (χ1v) is 17.6. The Morgan fingerprint density at radius 1 is 0.269 bits per heavy atom. The first kappa shape index (κ1) is 30.1. The summed E-state index contributed by atoms with van der Waals surface area (Å²) < 4.78 is 0. The molecule has 0 bridgehead atoms. The van der Waals surface area contributed by atoms with Gasteiger partial charge in [0.15, 0.2) is 0 Å². The maximum Gasteiger partial charge on any atom is 0.0972 e. The SMILES string of the molecule is Cc1ccccc1-c1ccc2ccc3ccc(-c4ccc(-c5ccc6ccc7ccc(-c8ccccc8C)nc7c6n5)c5ccccc45)nc3c2n1. The lowest BCUT2D eigenvalue weighted by atomic mass is 9.95. The maximum absolute atomic E-state index is 5.31. The van der Waals surface area contributed by atoms with E-state index in [2.05, 4.69) is 172 Å². The Morgan fingerprint density at radius 3 is 0.904 bits per heavy atom. The maximum atomic E-state index is 5.31. The predicted octanol–water partition coefficient (Wildman–Crippen LogP) is 12.3. The molecular formula is C48H32N4. The van der Waals surface area contributed by atoms with Crippen LogP contribution >= 0.6 is 0 Å². The fourth-order valence-electron chi connectivity index (χ4n) is 7.60. The quantitative estimate of drug-likeness (QED) is 0.176.